The molecule has 1 heterocycles. The number of rotatable bonds is 3. The lowest BCUT2D eigenvalue weighted by atomic mass is 10.1. The smallest absolute Gasteiger partial charge is 0.220 e. The van der Waals surface area contributed by atoms with Crippen molar-refractivity contribution in [3.8, 4) is 0 Å². The molecule has 5 nitrogen and oxygen atoms in total. The molecule has 0 aliphatic carbocycles. The summed E-state index contributed by atoms with van der Waals surface area (Å²) in [6.07, 6.45) is 1.14. The summed E-state index contributed by atoms with van der Waals surface area (Å²) in [5, 5.41) is 0. The topological polar surface area (TPSA) is 66.5 Å². The van der Waals surface area contributed by atoms with Crippen molar-refractivity contribution in [2.24, 2.45) is 0 Å². The van der Waals surface area contributed by atoms with E-state index in [1.807, 2.05) is 18.2 Å². The van der Waals surface area contributed by atoms with Crippen LogP contribution in [0.3, 0.4) is 0 Å². The molecule has 0 bridgehead atoms. The largest absolute Gasteiger partial charge is 0.334 e. The SMILES string of the molecule is CC(=O)N1Cc2ccc(CNS(C)(=O)=O)cc2C1. The summed E-state index contributed by atoms with van der Waals surface area (Å²) in [6.45, 7) is 3.09. The molecular weight excluding hydrogens is 252 g/mol. The summed E-state index contributed by atoms with van der Waals surface area (Å²) in [5.74, 6) is 0.0574. The Morgan fingerprint density at radius 3 is 2.61 bits per heavy atom. The normalized spacial score (nSPS) is 14.7. The second-order valence-corrected chi connectivity index (χ2v) is 6.40. The Kier molecular flexibility index (Phi) is 3.41. The predicted octanol–water partition coefficient (Wildman–Crippen LogP) is 0.598. The fraction of sp³-hybridized carbons (Fsp3) is 0.417. The number of nitrogens with zero attached hydrogens (tertiary/aromatic N) is 1. The Labute approximate surface area is 107 Å². The monoisotopic (exact) mass is 268 g/mol. The number of benzene rings is 1. The molecular formula is C12H16N2O3S. The van der Waals surface area contributed by atoms with E-state index in [0.29, 0.717) is 13.1 Å². The first-order valence-electron chi connectivity index (χ1n) is 5.66. The molecule has 1 aliphatic heterocycles. The zero-order chi connectivity index (χ0) is 13.3. The fourth-order valence-electron chi connectivity index (χ4n) is 1.99. The Morgan fingerprint density at radius 1 is 1.33 bits per heavy atom. The van der Waals surface area contributed by atoms with Gasteiger partial charge in [-0.2, -0.15) is 0 Å². The average molecular weight is 268 g/mol. The molecule has 0 fully saturated rings. The van der Waals surface area contributed by atoms with Crippen LogP contribution in [-0.2, 0) is 34.5 Å². The summed E-state index contributed by atoms with van der Waals surface area (Å²) in [6, 6.07) is 5.80. The molecule has 1 aromatic rings. The van der Waals surface area contributed by atoms with Gasteiger partial charge in [0.1, 0.15) is 0 Å². The summed E-state index contributed by atoms with van der Waals surface area (Å²) in [7, 11) is -3.18. The number of amides is 1. The predicted molar refractivity (Wildman–Crippen MR) is 68.1 cm³/mol. The molecule has 0 unspecified atom stereocenters. The highest BCUT2D eigenvalue weighted by atomic mass is 32.2. The highest BCUT2D eigenvalue weighted by Crippen LogP contribution is 2.23. The fourth-order valence-corrected chi connectivity index (χ4v) is 2.42. The van der Waals surface area contributed by atoms with Crippen LogP contribution in [0.5, 0.6) is 0 Å². The maximum absolute atomic E-state index is 11.3. The van der Waals surface area contributed by atoms with Crippen molar-refractivity contribution in [3.05, 3.63) is 34.9 Å². The molecule has 0 saturated carbocycles. The molecule has 0 saturated heterocycles. The lowest BCUT2D eigenvalue weighted by molar-refractivity contribution is -0.129. The first kappa shape index (κ1) is 13.0. The molecule has 18 heavy (non-hydrogen) atoms. The van der Waals surface area contributed by atoms with Gasteiger partial charge in [0.25, 0.3) is 0 Å². The molecule has 98 valence electrons. The van der Waals surface area contributed by atoms with Crippen LogP contribution in [0, 0.1) is 0 Å². The maximum Gasteiger partial charge on any atom is 0.220 e. The maximum atomic E-state index is 11.3. The number of hydrogen-bond acceptors (Lipinski definition) is 3. The Bertz CT molecular complexity index is 581. The highest BCUT2D eigenvalue weighted by Gasteiger charge is 2.20. The standard InChI is InChI=1S/C12H16N2O3S/c1-9(15)14-7-11-4-3-10(5-12(11)8-14)6-13-18(2,16)17/h3-5,13H,6-8H2,1-2H3. The van der Waals surface area contributed by atoms with Crippen LogP contribution in [0.2, 0.25) is 0 Å². The van der Waals surface area contributed by atoms with Gasteiger partial charge < -0.3 is 4.90 Å². The number of fused-ring (bicyclic) bond motifs is 1. The van der Waals surface area contributed by atoms with Gasteiger partial charge in [-0.05, 0) is 16.7 Å². The van der Waals surface area contributed by atoms with E-state index in [4.69, 9.17) is 0 Å². The van der Waals surface area contributed by atoms with E-state index in [1.165, 1.54) is 0 Å². The summed E-state index contributed by atoms with van der Waals surface area (Å²) in [5.41, 5.74) is 3.14. The molecule has 2 rings (SSSR count). The van der Waals surface area contributed by atoms with Crippen LogP contribution in [0.25, 0.3) is 0 Å². The van der Waals surface area contributed by atoms with Gasteiger partial charge in [-0.3, -0.25) is 4.79 Å². The van der Waals surface area contributed by atoms with Gasteiger partial charge in [-0.15, -0.1) is 0 Å². The van der Waals surface area contributed by atoms with Crippen molar-refractivity contribution in [2.75, 3.05) is 6.26 Å². The van der Waals surface area contributed by atoms with Crippen LogP contribution in [0.1, 0.15) is 23.6 Å². The second-order valence-electron chi connectivity index (χ2n) is 4.57. The van der Waals surface area contributed by atoms with Gasteiger partial charge in [-0.25, -0.2) is 13.1 Å². The summed E-state index contributed by atoms with van der Waals surface area (Å²) < 4.78 is 24.5. The van der Waals surface area contributed by atoms with Gasteiger partial charge >= 0.3 is 0 Å². The molecule has 0 aromatic heterocycles. The van der Waals surface area contributed by atoms with Gasteiger partial charge in [-0.1, -0.05) is 18.2 Å². The van der Waals surface area contributed by atoms with Crippen LogP contribution in [-0.4, -0.2) is 25.5 Å². The second kappa shape index (κ2) is 4.70. The number of sulfonamides is 1. The van der Waals surface area contributed by atoms with Gasteiger partial charge in [0.15, 0.2) is 0 Å². The van der Waals surface area contributed by atoms with E-state index in [-0.39, 0.29) is 12.5 Å². The van der Waals surface area contributed by atoms with Crippen LogP contribution < -0.4 is 4.72 Å². The molecule has 1 aliphatic rings. The van der Waals surface area contributed by atoms with Gasteiger partial charge in [0, 0.05) is 26.6 Å². The van der Waals surface area contributed by atoms with Crippen molar-refractivity contribution in [3.63, 3.8) is 0 Å². The summed E-state index contributed by atoms with van der Waals surface area (Å²) in [4.78, 5) is 13.1. The van der Waals surface area contributed by atoms with E-state index in [1.54, 1.807) is 11.8 Å². The number of hydrogen-bond donors (Lipinski definition) is 1. The van der Waals surface area contributed by atoms with Crippen molar-refractivity contribution >= 4 is 15.9 Å². The quantitative estimate of drug-likeness (QED) is 0.873. The molecule has 0 radical (unpaired) electrons. The molecule has 1 aromatic carbocycles. The minimum Gasteiger partial charge on any atom is -0.334 e. The average Bonchev–Trinajstić information content (AvgIpc) is 2.68. The van der Waals surface area contributed by atoms with Crippen molar-refractivity contribution in [1.29, 1.82) is 0 Å². The Balaban J connectivity index is 2.11. The summed E-state index contributed by atoms with van der Waals surface area (Å²) >= 11 is 0. The number of nitrogens with one attached hydrogen (secondary N) is 1. The first-order chi connectivity index (χ1) is 8.35. The van der Waals surface area contributed by atoms with Crippen molar-refractivity contribution < 1.29 is 13.2 Å². The minimum atomic E-state index is -3.18. The third-order valence-electron chi connectivity index (χ3n) is 2.98. The lowest BCUT2D eigenvalue weighted by Crippen LogP contribution is -2.21. The number of carbonyl (C=O) groups excluding carboxylic acids is 1. The Hall–Kier alpha value is -1.40. The lowest BCUT2D eigenvalue weighted by Gasteiger charge is -2.11. The molecule has 1 amide bonds. The van der Waals surface area contributed by atoms with E-state index in [0.717, 1.165) is 22.9 Å². The molecule has 0 spiro atoms. The van der Waals surface area contributed by atoms with Crippen LogP contribution in [0.15, 0.2) is 18.2 Å². The van der Waals surface area contributed by atoms with E-state index in [9.17, 15) is 13.2 Å². The Morgan fingerprint density at radius 2 is 2.00 bits per heavy atom. The zero-order valence-electron chi connectivity index (χ0n) is 10.4. The van der Waals surface area contributed by atoms with E-state index in [2.05, 4.69) is 4.72 Å². The number of carbonyl (C=O) groups is 1. The minimum absolute atomic E-state index is 0.0574. The molecule has 6 heteroatoms. The van der Waals surface area contributed by atoms with E-state index < -0.39 is 10.0 Å². The van der Waals surface area contributed by atoms with Crippen molar-refractivity contribution in [2.45, 2.75) is 26.6 Å². The third-order valence-corrected chi connectivity index (χ3v) is 3.65. The van der Waals surface area contributed by atoms with Gasteiger partial charge in [0.05, 0.1) is 6.26 Å². The molecule has 1 N–H and O–H groups in total. The first-order valence-corrected chi connectivity index (χ1v) is 7.55. The van der Waals surface area contributed by atoms with Crippen LogP contribution in [0.4, 0.5) is 0 Å². The van der Waals surface area contributed by atoms with Crippen molar-refractivity contribution in [1.82, 2.24) is 9.62 Å². The van der Waals surface area contributed by atoms with E-state index >= 15 is 0 Å². The zero-order valence-corrected chi connectivity index (χ0v) is 11.3. The highest BCUT2D eigenvalue weighted by molar-refractivity contribution is 7.88. The van der Waals surface area contributed by atoms with Gasteiger partial charge in [0.2, 0.25) is 15.9 Å². The van der Waals surface area contributed by atoms with Crippen LogP contribution >= 0.6 is 0 Å². The molecule has 0 atom stereocenters. The third kappa shape index (κ3) is 3.08.